The number of piperidine rings is 1. The fourth-order valence-electron chi connectivity index (χ4n) is 2.76. The van der Waals surface area contributed by atoms with Gasteiger partial charge in [-0.2, -0.15) is 0 Å². The number of rotatable bonds is 6. The molecule has 6 nitrogen and oxygen atoms in total. The Morgan fingerprint density at radius 1 is 1.21 bits per heavy atom. The maximum Gasteiger partial charge on any atom is 0.243 e. The van der Waals surface area contributed by atoms with E-state index in [2.05, 4.69) is 0 Å². The minimum atomic E-state index is -3.60. The molecule has 0 atom stereocenters. The van der Waals surface area contributed by atoms with Crippen molar-refractivity contribution < 1.29 is 17.9 Å². The van der Waals surface area contributed by atoms with Crippen molar-refractivity contribution in [2.24, 2.45) is 0 Å². The second-order valence-electron chi connectivity index (χ2n) is 6.35. The van der Waals surface area contributed by atoms with E-state index in [4.69, 9.17) is 4.74 Å². The van der Waals surface area contributed by atoms with Crippen molar-refractivity contribution >= 4 is 21.6 Å². The number of hydrogen-bond donors (Lipinski definition) is 0. The van der Waals surface area contributed by atoms with Gasteiger partial charge in [-0.1, -0.05) is 12.1 Å². The molecule has 0 bridgehead atoms. The van der Waals surface area contributed by atoms with Crippen LogP contribution in [0.15, 0.2) is 24.3 Å². The first-order valence-corrected chi connectivity index (χ1v) is 10.1. The Kier molecular flexibility index (Phi) is 6.10. The molecule has 0 unspecified atom stereocenters. The quantitative estimate of drug-likeness (QED) is 0.786. The highest BCUT2D eigenvalue weighted by Gasteiger charge is 2.27. The summed E-state index contributed by atoms with van der Waals surface area (Å²) in [5, 5.41) is 0. The van der Waals surface area contributed by atoms with Gasteiger partial charge in [0.15, 0.2) is 0 Å². The van der Waals surface area contributed by atoms with Crippen LogP contribution in [0, 0.1) is 0 Å². The molecule has 1 aliphatic rings. The van der Waals surface area contributed by atoms with Gasteiger partial charge in [0.25, 0.3) is 0 Å². The third kappa shape index (κ3) is 4.87. The van der Waals surface area contributed by atoms with Crippen molar-refractivity contribution in [1.82, 2.24) is 4.90 Å². The summed E-state index contributed by atoms with van der Waals surface area (Å²) in [4.78, 5) is 14.3. The Balaban J connectivity index is 2.28. The standard InChI is InChI=1S/C17H26N2O4S/c1-14(2)23-16-10-6-5-9-15(16)19(24(3,21)22)13-17(20)18-11-7-4-8-12-18/h5-6,9-10,14H,4,7-8,11-13H2,1-3H3. The normalized spacial score (nSPS) is 15.4. The van der Waals surface area contributed by atoms with Gasteiger partial charge in [-0.15, -0.1) is 0 Å². The van der Waals surface area contributed by atoms with E-state index in [0.717, 1.165) is 29.8 Å². The molecule has 24 heavy (non-hydrogen) atoms. The van der Waals surface area contributed by atoms with Gasteiger partial charge in [0.2, 0.25) is 15.9 Å². The van der Waals surface area contributed by atoms with Crippen LogP contribution >= 0.6 is 0 Å². The number of sulfonamides is 1. The molecule has 0 radical (unpaired) electrons. The molecule has 7 heteroatoms. The van der Waals surface area contributed by atoms with E-state index in [1.165, 1.54) is 0 Å². The van der Waals surface area contributed by atoms with Crippen LogP contribution in [0.4, 0.5) is 5.69 Å². The highest BCUT2D eigenvalue weighted by atomic mass is 32.2. The van der Waals surface area contributed by atoms with E-state index < -0.39 is 10.0 Å². The van der Waals surface area contributed by atoms with E-state index in [-0.39, 0.29) is 18.6 Å². The Hall–Kier alpha value is -1.76. The van der Waals surface area contributed by atoms with Crippen molar-refractivity contribution in [3.05, 3.63) is 24.3 Å². The highest BCUT2D eigenvalue weighted by molar-refractivity contribution is 7.92. The van der Waals surface area contributed by atoms with Crippen LogP contribution in [0.1, 0.15) is 33.1 Å². The molecule has 134 valence electrons. The Morgan fingerprint density at radius 3 is 2.42 bits per heavy atom. The molecule has 1 heterocycles. The first kappa shape index (κ1) is 18.6. The predicted octanol–water partition coefficient (Wildman–Crippen LogP) is 2.25. The minimum Gasteiger partial charge on any atom is -0.489 e. The summed E-state index contributed by atoms with van der Waals surface area (Å²) in [6.07, 6.45) is 4.08. The van der Waals surface area contributed by atoms with Gasteiger partial charge in [-0.3, -0.25) is 9.10 Å². The number of carbonyl (C=O) groups is 1. The van der Waals surface area contributed by atoms with Crippen LogP contribution in [-0.4, -0.2) is 51.2 Å². The third-order valence-electron chi connectivity index (χ3n) is 3.88. The summed E-state index contributed by atoms with van der Waals surface area (Å²) in [7, 11) is -3.60. The second-order valence-corrected chi connectivity index (χ2v) is 8.25. The number of anilines is 1. The monoisotopic (exact) mass is 354 g/mol. The number of ether oxygens (including phenoxy) is 1. The summed E-state index contributed by atoms with van der Waals surface area (Å²) in [5.74, 6) is 0.295. The lowest BCUT2D eigenvalue weighted by Crippen LogP contribution is -2.44. The zero-order chi connectivity index (χ0) is 17.7. The van der Waals surface area contributed by atoms with Gasteiger partial charge in [0, 0.05) is 13.1 Å². The SMILES string of the molecule is CC(C)Oc1ccccc1N(CC(=O)N1CCCCC1)S(C)(=O)=O. The second kappa shape index (κ2) is 7.88. The van der Waals surface area contributed by atoms with Crippen LogP contribution < -0.4 is 9.04 Å². The maximum atomic E-state index is 12.5. The van der Waals surface area contributed by atoms with Crippen molar-refractivity contribution in [3.8, 4) is 5.75 Å². The smallest absolute Gasteiger partial charge is 0.243 e. The van der Waals surface area contributed by atoms with Gasteiger partial charge in [-0.05, 0) is 45.2 Å². The molecule has 0 aliphatic carbocycles. The molecule has 1 aromatic carbocycles. The number of likely N-dealkylation sites (tertiary alicyclic amines) is 1. The summed E-state index contributed by atoms with van der Waals surface area (Å²) >= 11 is 0. The van der Waals surface area contributed by atoms with Crippen LogP contribution in [0.5, 0.6) is 5.75 Å². The van der Waals surface area contributed by atoms with Crippen molar-refractivity contribution in [2.75, 3.05) is 30.2 Å². The van der Waals surface area contributed by atoms with Crippen LogP contribution in [0.25, 0.3) is 0 Å². The fraction of sp³-hybridized carbons (Fsp3) is 0.588. The number of carbonyl (C=O) groups excluding carboxylic acids is 1. The van der Waals surface area contributed by atoms with Gasteiger partial charge >= 0.3 is 0 Å². The van der Waals surface area contributed by atoms with E-state index in [1.54, 1.807) is 29.2 Å². The molecule has 1 aromatic rings. The highest BCUT2D eigenvalue weighted by Crippen LogP contribution is 2.30. The van der Waals surface area contributed by atoms with Crippen molar-refractivity contribution in [3.63, 3.8) is 0 Å². The maximum absolute atomic E-state index is 12.5. The first-order chi connectivity index (χ1) is 11.3. The number of para-hydroxylation sites is 2. The van der Waals surface area contributed by atoms with E-state index in [0.29, 0.717) is 24.5 Å². The van der Waals surface area contributed by atoms with Crippen LogP contribution in [0.2, 0.25) is 0 Å². The van der Waals surface area contributed by atoms with Gasteiger partial charge in [0.1, 0.15) is 12.3 Å². The van der Waals surface area contributed by atoms with Crippen LogP contribution in [0.3, 0.4) is 0 Å². The average Bonchev–Trinajstić information content (AvgIpc) is 2.52. The molecule has 0 spiro atoms. The molecule has 1 saturated heterocycles. The molecule has 1 amide bonds. The molecule has 0 aromatic heterocycles. The largest absolute Gasteiger partial charge is 0.489 e. The van der Waals surface area contributed by atoms with Crippen molar-refractivity contribution in [1.29, 1.82) is 0 Å². The Morgan fingerprint density at radius 2 is 1.83 bits per heavy atom. The summed E-state index contributed by atoms with van der Waals surface area (Å²) < 4.78 is 31.4. The van der Waals surface area contributed by atoms with E-state index in [9.17, 15) is 13.2 Å². The van der Waals surface area contributed by atoms with Crippen LogP contribution in [-0.2, 0) is 14.8 Å². The summed E-state index contributed by atoms with van der Waals surface area (Å²) in [6, 6.07) is 6.92. The lowest BCUT2D eigenvalue weighted by Gasteiger charge is -2.30. The molecular formula is C17H26N2O4S. The average molecular weight is 354 g/mol. The summed E-state index contributed by atoms with van der Waals surface area (Å²) in [6.45, 7) is 4.94. The molecule has 1 aliphatic heterocycles. The zero-order valence-corrected chi connectivity index (χ0v) is 15.4. The molecule has 0 saturated carbocycles. The summed E-state index contributed by atoms with van der Waals surface area (Å²) in [5.41, 5.74) is 0.402. The molecule has 1 fully saturated rings. The third-order valence-corrected chi connectivity index (χ3v) is 5.01. The van der Waals surface area contributed by atoms with Crippen molar-refractivity contribution in [2.45, 2.75) is 39.2 Å². The van der Waals surface area contributed by atoms with E-state index in [1.807, 2.05) is 13.8 Å². The lowest BCUT2D eigenvalue weighted by atomic mass is 10.1. The molecule has 2 rings (SSSR count). The number of nitrogens with zero attached hydrogens (tertiary/aromatic N) is 2. The number of hydrogen-bond acceptors (Lipinski definition) is 4. The lowest BCUT2D eigenvalue weighted by molar-refractivity contribution is -0.130. The van der Waals surface area contributed by atoms with Gasteiger partial charge < -0.3 is 9.64 Å². The van der Waals surface area contributed by atoms with Gasteiger partial charge in [0.05, 0.1) is 18.0 Å². The Labute approximate surface area is 144 Å². The number of benzene rings is 1. The van der Waals surface area contributed by atoms with Gasteiger partial charge in [-0.25, -0.2) is 8.42 Å². The Bertz CT molecular complexity index is 667. The zero-order valence-electron chi connectivity index (χ0n) is 14.6. The first-order valence-electron chi connectivity index (χ1n) is 8.30. The predicted molar refractivity (Wildman–Crippen MR) is 94.8 cm³/mol. The molecular weight excluding hydrogens is 328 g/mol. The topological polar surface area (TPSA) is 66.9 Å². The minimum absolute atomic E-state index is 0.0923. The van der Waals surface area contributed by atoms with E-state index >= 15 is 0 Å². The fourth-order valence-corrected chi connectivity index (χ4v) is 3.62. The number of amides is 1. The molecule has 0 N–H and O–H groups in total.